The van der Waals surface area contributed by atoms with Gasteiger partial charge in [-0.05, 0) is 12.1 Å². The number of benzene rings is 1. The molecule has 0 bridgehead atoms. The van der Waals surface area contributed by atoms with Crippen molar-refractivity contribution in [1.29, 1.82) is 0 Å². The predicted molar refractivity (Wildman–Crippen MR) is 62.5 cm³/mol. The van der Waals surface area contributed by atoms with Crippen molar-refractivity contribution in [2.24, 2.45) is 0 Å². The maximum Gasteiger partial charge on any atom is 0.339 e. The van der Waals surface area contributed by atoms with E-state index >= 15 is 0 Å². The second-order valence-electron chi connectivity index (χ2n) is 4.08. The van der Waals surface area contributed by atoms with Gasteiger partial charge in [0.1, 0.15) is 12.5 Å². The summed E-state index contributed by atoms with van der Waals surface area (Å²) in [5.41, 5.74) is 0.556. The molecule has 0 radical (unpaired) electrons. The number of carbonyl (C=O) groups is 2. The van der Waals surface area contributed by atoms with Gasteiger partial charge in [0.25, 0.3) is 0 Å². The number of likely N-dealkylation sites (tertiary alicyclic amines) is 1. The van der Waals surface area contributed by atoms with Crippen molar-refractivity contribution in [2.75, 3.05) is 19.8 Å². The van der Waals surface area contributed by atoms with E-state index in [2.05, 4.69) is 0 Å². The molecule has 1 saturated heterocycles. The van der Waals surface area contributed by atoms with E-state index in [0.29, 0.717) is 31.5 Å². The Labute approximate surface area is 100 Å². The van der Waals surface area contributed by atoms with Crippen molar-refractivity contribution >= 4 is 11.8 Å². The van der Waals surface area contributed by atoms with E-state index in [1.165, 1.54) is 0 Å². The highest BCUT2D eigenvalue weighted by Gasteiger charge is 2.17. The molecule has 0 amide bonds. The van der Waals surface area contributed by atoms with Crippen molar-refractivity contribution in [3.63, 3.8) is 0 Å². The number of hydrogen-bond acceptors (Lipinski definition) is 4. The Morgan fingerprint density at radius 1 is 1.18 bits per heavy atom. The van der Waals surface area contributed by atoms with Crippen molar-refractivity contribution in [3.8, 4) is 0 Å². The van der Waals surface area contributed by atoms with Crippen LogP contribution in [0.2, 0.25) is 0 Å². The van der Waals surface area contributed by atoms with Crippen LogP contribution in [0.3, 0.4) is 0 Å². The van der Waals surface area contributed by atoms with Crippen LogP contribution in [0.25, 0.3) is 0 Å². The number of esters is 1. The summed E-state index contributed by atoms with van der Waals surface area (Å²) in [6, 6.07) is 8.91. The first-order chi connectivity index (χ1) is 8.25. The summed E-state index contributed by atoms with van der Waals surface area (Å²) in [6.45, 7) is 1.63. The second kappa shape index (κ2) is 5.59. The third kappa shape index (κ3) is 3.39. The van der Waals surface area contributed by atoms with Gasteiger partial charge in [-0.15, -0.1) is 0 Å². The molecule has 0 spiro atoms. The fourth-order valence-electron chi connectivity index (χ4n) is 1.74. The molecular formula is C13H15NO3. The zero-order chi connectivity index (χ0) is 12.1. The van der Waals surface area contributed by atoms with E-state index in [4.69, 9.17) is 4.74 Å². The summed E-state index contributed by atoms with van der Waals surface area (Å²) in [7, 11) is 0. The third-order valence-corrected chi connectivity index (χ3v) is 2.80. The number of carbonyl (C=O) groups excluding carboxylic acids is 2. The molecule has 0 unspecified atom stereocenters. The topological polar surface area (TPSA) is 46.6 Å². The van der Waals surface area contributed by atoms with Crippen LogP contribution in [0.5, 0.6) is 0 Å². The zero-order valence-electron chi connectivity index (χ0n) is 9.59. The molecule has 0 N–H and O–H groups in total. The van der Waals surface area contributed by atoms with E-state index in [1.807, 2.05) is 11.0 Å². The lowest BCUT2D eigenvalue weighted by atomic mass is 10.1. The molecule has 1 heterocycles. The summed E-state index contributed by atoms with van der Waals surface area (Å²) < 4.78 is 5.18. The highest BCUT2D eigenvalue weighted by atomic mass is 16.5. The largest absolute Gasteiger partial charge is 0.446 e. The number of Topliss-reactive ketones (excluding diaryl/α,β-unsaturated/α-hetero) is 1. The lowest BCUT2D eigenvalue weighted by molar-refractivity contribution is -0.122. The van der Waals surface area contributed by atoms with Gasteiger partial charge in [-0.3, -0.25) is 9.69 Å². The van der Waals surface area contributed by atoms with Gasteiger partial charge in [0, 0.05) is 25.9 Å². The lowest BCUT2D eigenvalue weighted by Gasteiger charge is -2.24. The monoisotopic (exact) mass is 233 g/mol. The van der Waals surface area contributed by atoms with Crippen molar-refractivity contribution < 1.29 is 14.3 Å². The maximum atomic E-state index is 11.6. The van der Waals surface area contributed by atoms with Crippen LogP contribution in [0.1, 0.15) is 23.2 Å². The molecule has 1 aromatic rings. The van der Waals surface area contributed by atoms with E-state index in [-0.39, 0.29) is 18.5 Å². The fourth-order valence-corrected chi connectivity index (χ4v) is 1.74. The van der Waals surface area contributed by atoms with Crippen molar-refractivity contribution in [2.45, 2.75) is 12.8 Å². The third-order valence-electron chi connectivity index (χ3n) is 2.80. The van der Waals surface area contributed by atoms with Crippen LogP contribution in [-0.2, 0) is 9.53 Å². The van der Waals surface area contributed by atoms with E-state index in [0.717, 1.165) is 0 Å². The molecule has 4 nitrogen and oxygen atoms in total. The number of piperidine rings is 1. The van der Waals surface area contributed by atoms with Gasteiger partial charge in [-0.25, -0.2) is 4.79 Å². The fraction of sp³-hybridized carbons (Fsp3) is 0.385. The van der Waals surface area contributed by atoms with Gasteiger partial charge in [0.05, 0.1) is 5.56 Å². The summed E-state index contributed by atoms with van der Waals surface area (Å²) in [5, 5.41) is 0. The number of ketones is 1. The van der Waals surface area contributed by atoms with Crippen LogP contribution in [0, 0.1) is 0 Å². The van der Waals surface area contributed by atoms with Crippen LogP contribution in [-0.4, -0.2) is 36.5 Å². The van der Waals surface area contributed by atoms with Gasteiger partial charge in [0.15, 0.2) is 0 Å². The molecule has 1 aliphatic rings. The van der Waals surface area contributed by atoms with Crippen LogP contribution >= 0.6 is 0 Å². The Morgan fingerprint density at radius 3 is 2.47 bits per heavy atom. The molecule has 0 aromatic heterocycles. The number of rotatable bonds is 3. The SMILES string of the molecule is O=C1CCN(COC(=O)c2ccccc2)CC1. The summed E-state index contributed by atoms with van der Waals surface area (Å²) in [4.78, 5) is 24.6. The predicted octanol–water partition coefficient (Wildman–Crippen LogP) is 1.47. The molecule has 90 valence electrons. The van der Waals surface area contributed by atoms with Gasteiger partial charge in [-0.1, -0.05) is 18.2 Å². The molecule has 17 heavy (non-hydrogen) atoms. The highest BCUT2D eigenvalue weighted by molar-refractivity contribution is 5.89. The van der Waals surface area contributed by atoms with Crippen molar-refractivity contribution in [3.05, 3.63) is 35.9 Å². The minimum atomic E-state index is -0.317. The Bertz CT molecular complexity index is 392. The maximum absolute atomic E-state index is 11.6. The lowest BCUT2D eigenvalue weighted by Crippen LogP contribution is -2.36. The second-order valence-corrected chi connectivity index (χ2v) is 4.08. The standard InChI is InChI=1S/C13H15NO3/c15-12-6-8-14(9-7-12)10-17-13(16)11-4-2-1-3-5-11/h1-5H,6-10H2. The Balaban J connectivity index is 1.79. The molecule has 1 fully saturated rings. The van der Waals surface area contributed by atoms with Crippen LogP contribution < -0.4 is 0 Å². The molecular weight excluding hydrogens is 218 g/mol. The molecule has 0 atom stereocenters. The quantitative estimate of drug-likeness (QED) is 0.742. The first-order valence-corrected chi connectivity index (χ1v) is 5.72. The number of hydrogen-bond donors (Lipinski definition) is 0. The zero-order valence-corrected chi connectivity index (χ0v) is 9.59. The van der Waals surface area contributed by atoms with Crippen LogP contribution in [0.4, 0.5) is 0 Å². The van der Waals surface area contributed by atoms with Gasteiger partial charge in [-0.2, -0.15) is 0 Å². The molecule has 2 rings (SSSR count). The Morgan fingerprint density at radius 2 is 1.82 bits per heavy atom. The van der Waals surface area contributed by atoms with Crippen LogP contribution in [0.15, 0.2) is 30.3 Å². The summed E-state index contributed by atoms with van der Waals surface area (Å²) >= 11 is 0. The molecule has 1 aromatic carbocycles. The summed E-state index contributed by atoms with van der Waals surface area (Å²) in [6.07, 6.45) is 1.12. The van der Waals surface area contributed by atoms with E-state index < -0.39 is 0 Å². The smallest absolute Gasteiger partial charge is 0.339 e. The minimum Gasteiger partial charge on any atom is -0.446 e. The Kier molecular flexibility index (Phi) is 3.88. The van der Waals surface area contributed by atoms with Gasteiger partial charge >= 0.3 is 5.97 Å². The average molecular weight is 233 g/mol. The molecule has 0 aliphatic carbocycles. The number of ether oxygens (including phenoxy) is 1. The van der Waals surface area contributed by atoms with Gasteiger partial charge in [0.2, 0.25) is 0 Å². The summed E-state index contributed by atoms with van der Waals surface area (Å²) in [5.74, 6) is -0.0295. The van der Waals surface area contributed by atoms with Gasteiger partial charge < -0.3 is 4.74 Å². The molecule has 0 saturated carbocycles. The first kappa shape index (κ1) is 11.8. The normalized spacial score (nSPS) is 16.8. The molecule has 4 heteroatoms. The van der Waals surface area contributed by atoms with E-state index in [1.54, 1.807) is 24.3 Å². The van der Waals surface area contributed by atoms with Crippen molar-refractivity contribution in [1.82, 2.24) is 4.90 Å². The molecule has 1 aliphatic heterocycles. The minimum absolute atomic E-state index is 0.265. The highest BCUT2D eigenvalue weighted by Crippen LogP contribution is 2.07. The number of nitrogens with zero attached hydrogens (tertiary/aromatic N) is 1. The average Bonchev–Trinajstić information content (AvgIpc) is 2.39. The van der Waals surface area contributed by atoms with E-state index in [9.17, 15) is 9.59 Å². The Hall–Kier alpha value is -1.68. The first-order valence-electron chi connectivity index (χ1n) is 5.72.